The molecule has 2 spiro atoms. The lowest BCUT2D eigenvalue weighted by Gasteiger charge is -2.48. The van der Waals surface area contributed by atoms with Gasteiger partial charge in [-0.05, 0) is 60.4 Å². The highest BCUT2D eigenvalue weighted by Crippen LogP contribution is 2.62. The third-order valence-corrected chi connectivity index (χ3v) is 7.38. The second-order valence-electron chi connectivity index (χ2n) is 8.96. The highest BCUT2D eigenvalue weighted by molar-refractivity contribution is 5.75. The van der Waals surface area contributed by atoms with Crippen LogP contribution in [0.1, 0.15) is 52.0 Å². The number of fused-ring (bicyclic) bond motifs is 3. The molecule has 1 saturated carbocycles. The molecule has 6 heteroatoms. The number of aliphatic imine (C=N–C) groups is 2. The molecule has 5 atom stereocenters. The largest absolute Gasteiger partial charge is 0.462 e. The Kier molecular flexibility index (Phi) is 3.67. The van der Waals surface area contributed by atoms with Crippen molar-refractivity contribution in [1.82, 2.24) is 0 Å². The van der Waals surface area contributed by atoms with E-state index in [9.17, 15) is 5.11 Å². The number of nitrogens with zero attached hydrogens (tertiary/aromatic N) is 2. The molecule has 6 nitrogen and oxygen atoms in total. The molecule has 0 radical (unpaired) electrons. The Morgan fingerprint density at radius 3 is 2.93 bits per heavy atom. The quantitative estimate of drug-likeness (QED) is 0.803. The fraction of sp³-hybridized carbons (Fsp3) is 0.565. The topological polar surface area (TPSA) is 89.4 Å². The molecule has 2 aliphatic carbocycles. The van der Waals surface area contributed by atoms with Gasteiger partial charge >= 0.3 is 0 Å². The van der Waals surface area contributed by atoms with Crippen molar-refractivity contribution in [3.8, 4) is 0 Å². The second kappa shape index (κ2) is 6.41. The Morgan fingerprint density at radius 1 is 1.41 bits per heavy atom. The van der Waals surface area contributed by atoms with E-state index >= 15 is 0 Å². The van der Waals surface area contributed by atoms with E-state index in [0.717, 1.165) is 30.4 Å². The lowest BCUT2D eigenvalue weighted by Crippen LogP contribution is -2.48. The van der Waals surface area contributed by atoms with E-state index < -0.39 is 23.1 Å². The monoisotopic (exact) mass is 397 g/mol. The van der Waals surface area contributed by atoms with Gasteiger partial charge in [-0.2, -0.15) is 0 Å². The molecule has 0 saturated heterocycles. The average Bonchev–Trinajstić information content (AvgIpc) is 3.13. The lowest BCUT2D eigenvalue weighted by atomic mass is 9.59. The minimum atomic E-state index is -2.09. The van der Waals surface area contributed by atoms with Crippen LogP contribution in [0.4, 0.5) is 0 Å². The van der Waals surface area contributed by atoms with Crippen LogP contribution in [0.3, 0.4) is 0 Å². The van der Waals surface area contributed by atoms with Gasteiger partial charge in [-0.1, -0.05) is 19.1 Å². The number of methoxy groups -OCH3 is 1. The molecule has 1 aromatic carbocycles. The number of nitrogens with two attached hydrogens (primary N) is 1. The molecule has 29 heavy (non-hydrogen) atoms. The van der Waals surface area contributed by atoms with Crippen molar-refractivity contribution in [3.05, 3.63) is 47.2 Å². The normalized spacial score (nSPS) is 43.1. The number of ether oxygens (including phenoxy) is 2. The molecular formula is C23H29N3O3. The summed E-state index contributed by atoms with van der Waals surface area (Å²) in [5.74, 6) is 0.249. The minimum Gasteiger partial charge on any atom is -0.462 e. The molecule has 2 unspecified atom stereocenters. The first kappa shape index (κ1) is 16.6. The van der Waals surface area contributed by atoms with Gasteiger partial charge in [-0.3, -0.25) is 4.99 Å². The van der Waals surface area contributed by atoms with Crippen LogP contribution < -0.4 is 5.73 Å². The molecule has 2 heterocycles. The van der Waals surface area contributed by atoms with Crippen LogP contribution in [-0.2, 0) is 27.0 Å². The highest BCUT2D eigenvalue weighted by Gasteiger charge is 2.62. The predicted octanol–water partition coefficient (Wildman–Crippen LogP) is 2.78. The van der Waals surface area contributed by atoms with Crippen LogP contribution in [0.5, 0.6) is 0 Å². The van der Waals surface area contributed by atoms with Gasteiger partial charge in [-0.25, -0.2) is 4.99 Å². The van der Waals surface area contributed by atoms with Gasteiger partial charge < -0.3 is 20.3 Å². The van der Waals surface area contributed by atoms with Crippen LogP contribution in [-0.4, -0.2) is 37.1 Å². The molecule has 1 fully saturated rings. The summed E-state index contributed by atoms with van der Waals surface area (Å²) in [6.45, 7) is 0.0670. The smallest absolute Gasteiger partial charge is 0.283 e. The van der Waals surface area contributed by atoms with Crippen molar-refractivity contribution in [2.24, 2.45) is 27.1 Å². The number of hydrogen-bond acceptors (Lipinski definition) is 6. The number of hydrogen-bond donors (Lipinski definition) is 2. The van der Waals surface area contributed by atoms with Crippen molar-refractivity contribution in [1.29, 1.82) is 0 Å². The summed E-state index contributed by atoms with van der Waals surface area (Å²) >= 11 is 0. The maximum atomic E-state index is 11.2. The van der Waals surface area contributed by atoms with Crippen LogP contribution >= 0.6 is 0 Å². The summed E-state index contributed by atoms with van der Waals surface area (Å²) in [5, 5.41) is 11.2. The standard InChI is InChI=1S/C23H29N3O3/c1-15-12-21(6-5-19(15)28-2)13-16-3-4-17(22(27)7-9-25-10-8-22)11-18(16)23(21)14-29-20(24)26-23/h3-4,7,9-11,15,19,27H,5-6,8,12-14H2,1-2H3,(H2,24,26)/t15-,19-,21-,22?,23?/m0/s1/i14D2. The van der Waals surface area contributed by atoms with Gasteiger partial charge in [0.25, 0.3) is 6.02 Å². The third-order valence-electron chi connectivity index (χ3n) is 7.38. The van der Waals surface area contributed by atoms with E-state index in [4.69, 9.17) is 22.9 Å². The van der Waals surface area contributed by atoms with Crippen molar-refractivity contribution in [3.63, 3.8) is 0 Å². The molecule has 3 N–H and O–H groups in total. The second-order valence-corrected chi connectivity index (χ2v) is 8.96. The molecule has 0 aromatic heterocycles. The fourth-order valence-corrected chi connectivity index (χ4v) is 5.89. The van der Waals surface area contributed by atoms with Gasteiger partial charge in [0, 0.05) is 31.4 Å². The molecule has 0 amide bonds. The summed E-state index contributed by atoms with van der Waals surface area (Å²) in [5.41, 5.74) is 5.57. The van der Waals surface area contributed by atoms with E-state index in [1.54, 1.807) is 25.6 Å². The Hall–Kier alpha value is -2.18. The molecular weight excluding hydrogens is 366 g/mol. The van der Waals surface area contributed by atoms with Gasteiger partial charge in [0.05, 0.1) is 8.85 Å². The van der Waals surface area contributed by atoms with Gasteiger partial charge in [0.15, 0.2) is 0 Å². The van der Waals surface area contributed by atoms with Crippen LogP contribution in [0.2, 0.25) is 0 Å². The zero-order chi connectivity index (χ0) is 22.1. The summed E-state index contributed by atoms with van der Waals surface area (Å²) < 4.78 is 29.0. The first-order chi connectivity index (χ1) is 14.7. The van der Waals surface area contributed by atoms with Crippen molar-refractivity contribution < 1.29 is 17.3 Å². The van der Waals surface area contributed by atoms with Crippen LogP contribution in [0, 0.1) is 11.3 Å². The summed E-state index contributed by atoms with van der Waals surface area (Å²) in [7, 11) is 1.74. The SMILES string of the molecule is [2H]C1([2H])OC(N)=NC12c1cc(C3(O)C=CN=CC3)ccc1C[C@@]21CC[C@H](OC)[C@@H](C)C1. The molecule has 4 aliphatic rings. The average molecular weight is 398 g/mol. The van der Waals surface area contributed by atoms with Crippen LogP contribution in [0.25, 0.3) is 0 Å². The molecule has 1 aromatic rings. The summed E-state index contributed by atoms with van der Waals surface area (Å²) in [6, 6.07) is 5.72. The highest BCUT2D eigenvalue weighted by atomic mass is 16.5. The van der Waals surface area contributed by atoms with E-state index in [-0.39, 0.29) is 18.0 Å². The van der Waals surface area contributed by atoms with Gasteiger partial charge in [0.1, 0.15) is 17.7 Å². The lowest BCUT2D eigenvalue weighted by molar-refractivity contribution is -0.0445. The molecule has 154 valence electrons. The van der Waals surface area contributed by atoms with E-state index in [0.29, 0.717) is 18.4 Å². The maximum Gasteiger partial charge on any atom is 0.283 e. The number of aliphatic hydroxyl groups is 1. The first-order valence-corrected chi connectivity index (χ1v) is 10.3. The van der Waals surface area contributed by atoms with Crippen molar-refractivity contribution >= 4 is 12.2 Å². The third kappa shape index (κ3) is 2.62. The zero-order valence-corrected chi connectivity index (χ0v) is 16.9. The number of amidine groups is 1. The zero-order valence-electron chi connectivity index (χ0n) is 18.9. The van der Waals surface area contributed by atoms with E-state index in [1.165, 1.54) is 0 Å². The summed E-state index contributed by atoms with van der Waals surface area (Å²) in [4.78, 5) is 8.79. The maximum absolute atomic E-state index is 11.2. The van der Waals surface area contributed by atoms with Crippen molar-refractivity contribution in [2.75, 3.05) is 13.7 Å². The summed E-state index contributed by atoms with van der Waals surface area (Å²) in [6.07, 6.45) is 8.50. The molecule has 5 rings (SSSR count). The Labute approximate surface area is 174 Å². The molecule has 0 bridgehead atoms. The van der Waals surface area contributed by atoms with Gasteiger partial charge in [0.2, 0.25) is 0 Å². The van der Waals surface area contributed by atoms with Gasteiger partial charge in [-0.15, -0.1) is 0 Å². The Morgan fingerprint density at radius 2 is 2.28 bits per heavy atom. The number of rotatable bonds is 2. The molecule has 2 aliphatic heterocycles. The fourth-order valence-electron chi connectivity index (χ4n) is 5.89. The van der Waals surface area contributed by atoms with E-state index in [2.05, 4.69) is 11.9 Å². The minimum absolute atomic E-state index is 0.118. The Balaban J connectivity index is 1.68. The van der Waals surface area contributed by atoms with Crippen LogP contribution in [0.15, 0.2) is 40.5 Å². The predicted molar refractivity (Wildman–Crippen MR) is 112 cm³/mol. The number of benzene rings is 1. The Bertz CT molecular complexity index is 1010. The van der Waals surface area contributed by atoms with E-state index in [1.807, 2.05) is 18.2 Å². The van der Waals surface area contributed by atoms with Crippen molar-refractivity contribution in [2.45, 2.75) is 56.3 Å². The first-order valence-electron chi connectivity index (χ1n) is 11.3.